The molecule has 0 heterocycles. The van der Waals surface area contributed by atoms with Gasteiger partial charge in [0.1, 0.15) is 0 Å². The molecule has 0 unspecified atom stereocenters. The van der Waals surface area contributed by atoms with Crippen LogP contribution in [0.15, 0.2) is 109 Å². The van der Waals surface area contributed by atoms with Gasteiger partial charge in [0.05, 0.1) is 0 Å². The van der Waals surface area contributed by atoms with E-state index in [4.69, 9.17) is 0 Å². The van der Waals surface area contributed by atoms with Crippen molar-refractivity contribution in [1.29, 1.82) is 0 Å². The topological polar surface area (TPSA) is 0 Å². The standard InChI is InChI=1S/C41H40.2CH3.Hf/c1-27(2)29-13-17-31(18-14-29)37-11-7-9-33-23-35(25-39(33)37)41(21-5-6-22-41)36-24-34-10-8-12-38(40(34)26-36)32-19-15-30(16-20-32)28(3)4;;;/h7-20,23-28H,5-6,21-22H2,1-4H3;2*1H3;/q-2;2*-1;+4. The Kier molecular flexibility index (Phi) is 10.4. The van der Waals surface area contributed by atoms with Crippen LogP contribution in [0.3, 0.4) is 0 Å². The molecule has 0 spiro atoms. The van der Waals surface area contributed by atoms with E-state index in [9.17, 15) is 0 Å². The van der Waals surface area contributed by atoms with Gasteiger partial charge in [-0.1, -0.05) is 112 Å². The third kappa shape index (κ3) is 5.85. The Hall–Kier alpha value is -3.03. The van der Waals surface area contributed by atoms with Gasteiger partial charge in [0.2, 0.25) is 0 Å². The van der Waals surface area contributed by atoms with Crippen molar-refractivity contribution in [1.82, 2.24) is 0 Å². The molecule has 1 heteroatoms. The van der Waals surface area contributed by atoms with E-state index < -0.39 is 0 Å². The first-order valence-electron chi connectivity index (χ1n) is 15.5. The molecule has 0 atom stereocenters. The van der Waals surface area contributed by atoms with E-state index in [1.54, 1.807) is 0 Å². The molecule has 1 saturated carbocycles. The summed E-state index contributed by atoms with van der Waals surface area (Å²) < 4.78 is 0. The second kappa shape index (κ2) is 13.5. The second-order valence-electron chi connectivity index (χ2n) is 12.9. The van der Waals surface area contributed by atoms with Crippen LogP contribution >= 0.6 is 0 Å². The molecule has 6 aromatic rings. The van der Waals surface area contributed by atoms with Crippen molar-refractivity contribution in [3.8, 4) is 22.3 Å². The minimum absolute atomic E-state index is 0. The molecule has 0 N–H and O–H groups in total. The monoisotopic (exact) mass is 742 g/mol. The van der Waals surface area contributed by atoms with Crippen LogP contribution < -0.4 is 0 Å². The Morgan fingerprint density at radius 1 is 0.545 bits per heavy atom. The zero-order valence-electron chi connectivity index (χ0n) is 27.4. The van der Waals surface area contributed by atoms with Gasteiger partial charge < -0.3 is 14.9 Å². The van der Waals surface area contributed by atoms with Gasteiger partial charge in [0, 0.05) is 0 Å². The minimum Gasteiger partial charge on any atom is -0.358 e. The van der Waals surface area contributed by atoms with Crippen LogP contribution in [0, 0.1) is 14.9 Å². The largest absolute Gasteiger partial charge is 4.00 e. The zero-order chi connectivity index (χ0) is 28.1. The van der Waals surface area contributed by atoms with E-state index >= 15 is 0 Å². The molecule has 44 heavy (non-hydrogen) atoms. The summed E-state index contributed by atoms with van der Waals surface area (Å²) in [5.74, 6) is 1.10. The van der Waals surface area contributed by atoms with E-state index in [0.29, 0.717) is 11.8 Å². The van der Waals surface area contributed by atoms with Gasteiger partial charge in [-0.05, 0) is 52.3 Å². The van der Waals surface area contributed by atoms with Gasteiger partial charge in [-0.25, -0.2) is 0 Å². The number of hydrogen-bond donors (Lipinski definition) is 0. The first-order valence-corrected chi connectivity index (χ1v) is 15.5. The van der Waals surface area contributed by atoms with E-state index in [2.05, 4.69) is 137 Å². The van der Waals surface area contributed by atoms with Crippen molar-refractivity contribution in [2.75, 3.05) is 0 Å². The zero-order valence-corrected chi connectivity index (χ0v) is 31.0. The Morgan fingerprint density at radius 2 is 0.932 bits per heavy atom. The predicted molar refractivity (Wildman–Crippen MR) is 190 cm³/mol. The molecule has 1 fully saturated rings. The first-order chi connectivity index (χ1) is 19.9. The molecule has 222 valence electrons. The number of hydrogen-bond acceptors (Lipinski definition) is 0. The molecule has 0 nitrogen and oxygen atoms in total. The summed E-state index contributed by atoms with van der Waals surface area (Å²) in [6.07, 6.45) is 5.01. The number of fused-ring (bicyclic) bond motifs is 2. The summed E-state index contributed by atoms with van der Waals surface area (Å²) >= 11 is 0. The van der Waals surface area contributed by atoms with Gasteiger partial charge in [-0.15, -0.1) is 69.1 Å². The fourth-order valence-electron chi connectivity index (χ4n) is 7.34. The van der Waals surface area contributed by atoms with Gasteiger partial charge >= 0.3 is 25.8 Å². The van der Waals surface area contributed by atoms with Crippen LogP contribution in [-0.2, 0) is 31.3 Å². The molecule has 0 aromatic heterocycles. The molecule has 1 aliphatic carbocycles. The number of rotatable bonds is 6. The average molecular weight is 741 g/mol. The predicted octanol–water partition coefficient (Wildman–Crippen LogP) is 12.8. The molecule has 0 saturated heterocycles. The van der Waals surface area contributed by atoms with Crippen LogP contribution in [0.1, 0.15) is 87.5 Å². The Labute approximate surface area is 285 Å². The smallest absolute Gasteiger partial charge is 0.358 e. The molecule has 0 amide bonds. The molecule has 0 bridgehead atoms. The van der Waals surface area contributed by atoms with Gasteiger partial charge in [0.25, 0.3) is 0 Å². The van der Waals surface area contributed by atoms with Crippen molar-refractivity contribution in [3.05, 3.63) is 146 Å². The molecule has 7 rings (SSSR count). The molecular formula is C43H46Hf. The first kappa shape index (κ1) is 33.9. The van der Waals surface area contributed by atoms with Crippen LogP contribution in [0.25, 0.3) is 43.8 Å². The third-order valence-electron chi connectivity index (χ3n) is 9.84. The summed E-state index contributed by atoms with van der Waals surface area (Å²) in [6.45, 7) is 9.05. The van der Waals surface area contributed by atoms with Crippen molar-refractivity contribution in [2.45, 2.75) is 70.6 Å². The third-order valence-corrected chi connectivity index (χ3v) is 9.84. The molecule has 1 aliphatic rings. The summed E-state index contributed by atoms with van der Waals surface area (Å²) in [5.41, 5.74) is 11.2. The van der Waals surface area contributed by atoms with Crippen molar-refractivity contribution >= 4 is 21.5 Å². The van der Waals surface area contributed by atoms with E-state index in [0.717, 1.165) is 0 Å². The normalized spacial score (nSPS) is 14.0. The Bertz CT molecular complexity index is 1690. The van der Waals surface area contributed by atoms with Crippen LogP contribution in [-0.4, -0.2) is 0 Å². The fourth-order valence-corrected chi connectivity index (χ4v) is 7.34. The van der Waals surface area contributed by atoms with Crippen molar-refractivity contribution in [2.24, 2.45) is 0 Å². The summed E-state index contributed by atoms with van der Waals surface area (Å²) in [4.78, 5) is 0. The summed E-state index contributed by atoms with van der Waals surface area (Å²) in [5, 5.41) is 5.48. The molecule has 6 aromatic carbocycles. The fraction of sp³-hybridized carbons (Fsp3) is 0.256. The van der Waals surface area contributed by atoms with Crippen LogP contribution in [0.4, 0.5) is 0 Å². The van der Waals surface area contributed by atoms with Crippen molar-refractivity contribution in [3.63, 3.8) is 0 Å². The molecule has 0 radical (unpaired) electrons. The quantitative estimate of drug-likeness (QED) is 0.118. The Morgan fingerprint density at radius 3 is 1.30 bits per heavy atom. The van der Waals surface area contributed by atoms with Gasteiger partial charge in [-0.3, -0.25) is 0 Å². The molecule has 0 aliphatic heterocycles. The summed E-state index contributed by atoms with van der Waals surface area (Å²) in [7, 11) is 0. The maximum absolute atomic E-state index is 2.52. The van der Waals surface area contributed by atoms with Crippen LogP contribution in [0.2, 0.25) is 0 Å². The Balaban J connectivity index is 0.00000147. The van der Waals surface area contributed by atoms with Crippen LogP contribution in [0.5, 0.6) is 0 Å². The number of benzene rings is 4. The molecular weight excluding hydrogens is 695 g/mol. The SMILES string of the molecule is CC(C)c1ccc(-c2cccc3[cH-]c(C4(c5cc6c(-c7ccc(C(C)C)cc7)cccc6[cH-]5)CCCC4)cc23)cc1.[CH3-].[CH3-].[Hf+4]. The maximum Gasteiger partial charge on any atom is 4.00 e. The second-order valence-corrected chi connectivity index (χ2v) is 12.9. The van der Waals surface area contributed by atoms with Gasteiger partial charge in [0.15, 0.2) is 0 Å². The minimum atomic E-state index is 0. The van der Waals surface area contributed by atoms with Gasteiger partial charge in [-0.2, -0.15) is 12.1 Å². The average Bonchev–Trinajstić information content (AvgIpc) is 3.75. The van der Waals surface area contributed by atoms with E-state index in [1.807, 2.05) is 0 Å². The van der Waals surface area contributed by atoms with E-state index in [-0.39, 0.29) is 46.1 Å². The maximum atomic E-state index is 2.52. The van der Waals surface area contributed by atoms with Crippen molar-refractivity contribution < 1.29 is 25.8 Å². The summed E-state index contributed by atoms with van der Waals surface area (Å²) in [6, 6.07) is 42.1. The van der Waals surface area contributed by atoms with E-state index in [1.165, 1.54) is 91.7 Å².